The van der Waals surface area contributed by atoms with Crippen LogP contribution in [0.4, 0.5) is 0 Å². The van der Waals surface area contributed by atoms with Gasteiger partial charge in [-0.15, -0.1) is 0 Å². The molecular formula is C16H27NO. The fourth-order valence-electron chi connectivity index (χ4n) is 2.34. The first-order valence-corrected chi connectivity index (χ1v) is 6.95. The van der Waals surface area contributed by atoms with Gasteiger partial charge in [0.05, 0.1) is 6.61 Å². The second-order valence-electron chi connectivity index (χ2n) is 5.05. The summed E-state index contributed by atoms with van der Waals surface area (Å²) in [5, 5.41) is 3.50. The van der Waals surface area contributed by atoms with Crippen molar-refractivity contribution in [1.29, 1.82) is 0 Å². The molecule has 0 saturated heterocycles. The number of benzene rings is 1. The minimum absolute atomic E-state index is 0.591. The summed E-state index contributed by atoms with van der Waals surface area (Å²) in [5.41, 5.74) is 2.88. The molecule has 0 aliphatic carbocycles. The number of aryl methyl sites for hydroxylation is 1. The van der Waals surface area contributed by atoms with Gasteiger partial charge in [0.1, 0.15) is 0 Å². The zero-order chi connectivity index (χ0) is 13.4. The fraction of sp³-hybridized carbons (Fsp3) is 0.625. The van der Waals surface area contributed by atoms with Crippen molar-refractivity contribution < 1.29 is 4.74 Å². The molecule has 0 bridgehead atoms. The first-order chi connectivity index (χ1) is 8.70. The van der Waals surface area contributed by atoms with Crippen molar-refractivity contribution in [3.63, 3.8) is 0 Å². The van der Waals surface area contributed by atoms with E-state index in [0.717, 1.165) is 19.7 Å². The van der Waals surface area contributed by atoms with Gasteiger partial charge < -0.3 is 10.1 Å². The van der Waals surface area contributed by atoms with E-state index in [1.807, 2.05) is 0 Å². The van der Waals surface area contributed by atoms with Crippen molar-refractivity contribution in [1.82, 2.24) is 5.32 Å². The zero-order valence-corrected chi connectivity index (χ0v) is 12.2. The van der Waals surface area contributed by atoms with Crippen molar-refractivity contribution in [3.05, 3.63) is 35.4 Å². The Morgan fingerprint density at radius 3 is 2.61 bits per heavy atom. The minimum atomic E-state index is 0.591. The summed E-state index contributed by atoms with van der Waals surface area (Å²) in [6, 6.07) is 8.74. The third-order valence-corrected chi connectivity index (χ3v) is 3.77. The smallest absolute Gasteiger partial charge is 0.0587 e. The lowest BCUT2D eigenvalue weighted by Crippen LogP contribution is -2.28. The highest BCUT2D eigenvalue weighted by Gasteiger charge is 2.18. The predicted octanol–water partition coefficient (Wildman–Crippen LogP) is 3.36. The topological polar surface area (TPSA) is 21.3 Å². The molecule has 0 amide bonds. The lowest BCUT2D eigenvalue weighted by molar-refractivity contribution is 0.198. The van der Waals surface area contributed by atoms with E-state index in [-0.39, 0.29) is 0 Å². The van der Waals surface area contributed by atoms with Crippen LogP contribution in [0.2, 0.25) is 0 Å². The average molecular weight is 249 g/mol. The number of hydrogen-bond acceptors (Lipinski definition) is 2. The van der Waals surface area contributed by atoms with Gasteiger partial charge in [-0.25, -0.2) is 0 Å². The predicted molar refractivity (Wildman–Crippen MR) is 78.1 cm³/mol. The molecule has 2 unspecified atom stereocenters. The van der Waals surface area contributed by atoms with E-state index in [0.29, 0.717) is 11.8 Å². The van der Waals surface area contributed by atoms with Crippen LogP contribution in [-0.4, -0.2) is 26.8 Å². The molecule has 1 aromatic carbocycles. The van der Waals surface area contributed by atoms with Gasteiger partial charge >= 0.3 is 0 Å². The van der Waals surface area contributed by atoms with Gasteiger partial charge in [-0.1, -0.05) is 44.5 Å². The van der Waals surface area contributed by atoms with Crippen molar-refractivity contribution >= 4 is 0 Å². The van der Waals surface area contributed by atoms with E-state index < -0.39 is 0 Å². The van der Waals surface area contributed by atoms with Crippen LogP contribution in [0.5, 0.6) is 0 Å². The van der Waals surface area contributed by atoms with Gasteiger partial charge in [-0.3, -0.25) is 0 Å². The summed E-state index contributed by atoms with van der Waals surface area (Å²) >= 11 is 0. The molecule has 0 radical (unpaired) electrons. The van der Waals surface area contributed by atoms with Gasteiger partial charge in [0.2, 0.25) is 0 Å². The van der Waals surface area contributed by atoms with E-state index in [2.05, 4.69) is 50.4 Å². The molecule has 0 spiro atoms. The molecule has 0 heterocycles. The number of hydrogen-bond donors (Lipinski definition) is 1. The van der Waals surface area contributed by atoms with Crippen LogP contribution < -0.4 is 5.32 Å². The molecule has 0 saturated carbocycles. The largest absolute Gasteiger partial charge is 0.383 e. The summed E-state index contributed by atoms with van der Waals surface area (Å²) in [4.78, 5) is 0. The lowest BCUT2D eigenvalue weighted by atomic mass is 9.83. The van der Waals surface area contributed by atoms with Crippen LogP contribution in [0.25, 0.3) is 0 Å². The Balaban J connectivity index is 2.69. The summed E-state index contributed by atoms with van der Waals surface area (Å²) in [6.07, 6.45) is 1.21. The summed E-state index contributed by atoms with van der Waals surface area (Å²) in [5.74, 6) is 1.29. The average Bonchev–Trinajstić information content (AvgIpc) is 2.39. The highest BCUT2D eigenvalue weighted by atomic mass is 16.5. The van der Waals surface area contributed by atoms with Crippen LogP contribution >= 0.6 is 0 Å². The Morgan fingerprint density at radius 1 is 1.28 bits per heavy atom. The number of rotatable bonds is 8. The molecule has 0 aliphatic rings. The van der Waals surface area contributed by atoms with Crippen LogP contribution in [0.15, 0.2) is 24.3 Å². The van der Waals surface area contributed by atoms with E-state index >= 15 is 0 Å². The Bertz CT molecular complexity index is 338. The van der Waals surface area contributed by atoms with Gasteiger partial charge in [0, 0.05) is 20.2 Å². The third-order valence-electron chi connectivity index (χ3n) is 3.77. The second-order valence-corrected chi connectivity index (χ2v) is 5.05. The number of nitrogens with one attached hydrogen (secondary N) is 1. The van der Waals surface area contributed by atoms with Gasteiger partial charge in [0.25, 0.3) is 0 Å². The monoisotopic (exact) mass is 249 g/mol. The third kappa shape index (κ3) is 4.43. The molecule has 1 N–H and O–H groups in total. The number of ether oxygens (including phenoxy) is 1. The standard InChI is InChI=1S/C16H27NO/c1-5-13(2)16(12-17-10-11-18-4)15-9-7-6-8-14(15)3/h6-9,13,16-17H,5,10-12H2,1-4H3. The van der Waals surface area contributed by atoms with Crippen LogP contribution in [0.1, 0.15) is 37.3 Å². The van der Waals surface area contributed by atoms with E-state index in [1.165, 1.54) is 17.5 Å². The molecule has 18 heavy (non-hydrogen) atoms. The van der Waals surface area contributed by atoms with E-state index in [1.54, 1.807) is 7.11 Å². The summed E-state index contributed by atoms with van der Waals surface area (Å²) in [6.45, 7) is 9.56. The highest BCUT2D eigenvalue weighted by Crippen LogP contribution is 2.28. The van der Waals surface area contributed by atoms with Crippen molar-refractivity contribution in [2.75, 3.05) is 26.8 Å². The SMILES string of the molecule is CCC(C)C(CNCCOC)c1ccccc1C. The first-order valence-electron chi connectivity index (χ1n) is 6.95. The molecule has 102 valence electrons. The quantitative estimate of drug-likeness (QED) is 0.713. The molecule has 1 aromatic rings. The molecule has 0 aliphatic heterocycles. The number of methoxy groups -OCH3 is 1. The molecule has 1 rings (SSSR count). The van der Waals surface area contributed by atoms with Crippen molar-refractivity contribution in [3.8, 4) is 0 Å². The molecule has 2 nitrogen and oxygen atoms in total. The maximum absolute atomic E-state index is 5.08. The normalized spacial score (nSPS) is 14.4. The Hall–Kier alpha value is -0.860. The minimum Gasteiger partial charge on any atom is -0.383 e. The van der Waals surface area contributed by atoms with Crippen molar-refractivity contribution in [2.45, 2.75) is 33.1 Å². The van der Waals surface area contributed by atoms with Gasteiger partial charge in [-0.2, -0.15) is 0 Å². The van der Waals surface area contributed by atoms with Gasteiger partial charge in [-0.05, 0) is 29.9 Å². The lowest BCUT2D eigenvalue weighted by Gasteiger charge is -2.25. The Kier molecular flexibility index (Phi) is 6.99. The molecule has 2 atom stereocenters. The van der Waals surface area contributed by atoms with E-state index in [9.17, 15) is 0 Å². The molecule has 2 heteroatoms. The highest BCUT2D eigenvalue weighted by molar-refractivity contribution is 5.29. The molecule has 0 aromatic heterocycles. The van der Waals surface area contributed by atoms with Crippen LogP contribution in [0, 0.1) is 12.8 Å². The van der Waals surface area contributed by atoms with Crippen LogP contribution in [0.3, 0.4) is 0 Å². The van der Waals surface area contributed by atoms with Crippen molar-refractivity contribution in [2.24, 2.45) is 5.92 Å². The Labute approximate surface area is 112 Å². The Morgan fingerprint density at radius 2 is 2.00 bits per heavy atom. The fourth-order valence-corrected chi connectivity index (χ4v) is 2.34. The maximum Gasteiger partial charge on any atom is 0.0587 e. The summed E-state index contributed by atoms with van der Waals surface area (Å²) in [7, 11) is 1.75. The molecule has 0 fully saturated rings. The maximum atomic E-state index is 5.08. The second kappa shape index (κ2) is 8.28. The molecular weight excluding hydrogens is 222 g/mol. The summed E-state index contributed by atoms with van der Waals surface area (Å²) < 4.78 is 5.08. The van der Waals surface area contributed by atoms with Crippen LogP contribution in [-0.2, 0) is 4.74 Å². The first kappa shape index (κ1) is 15.2. The van der Waals surface area contributed by atoms with E-state index in [4.69, 9.17) is 4.74 Å². The van der Waals surface area contributed by atoms with Gasteiger partial charge in [0.15, 0.2) is 0 Å². The zero-order valence-electron chi connectivity index (χ0n) is 12.2.